The maximum absolute atomic E-state index is 5.98. The maximum atomic E-state index is 5.98. The van der Waals surface area contributed by atoms with Crippen molar-refractivity contribution in [2.45, 2.75) is 52.4 Å². The molecule has 6 nitrogen and oxygen atoms in total. The molecule has 150 valence electrons. The number of nitrogens with one attached hydrogen (secondary N) is 2. The van der Waals surface area contributed by atoms with Crippen LogP contribution in [0.25, 0.3) is 0 Å². The lowest BCUT2D eigenvalue weighted by atomic mass is 9.57. The quantitative estimate of drug-likeness (QED) is 0.567. The van der Waals surface area contributed by atoms with Gasteiger partial charge in [0.15, 0.2) is 5.96 Å². The summed E-state index contributed by atoms with van der Waals surface area (Å²) >= 11 is 0. The Kier molecular flexibility index (Phi) is 6.15. The van der Waals surface area contributed by atoms with E-state index in [-0.39, 0.29) is 11.5 Å². The number of ether oxygens (including phenoxy) is 3. The zero-order chi connectivity index (χ0) is 19.4. The lowest BCUT2D eigenvalue weighted by molar-refractivity contribution is -0.106. The first kappa shape index (κ1) is 19.8. The van der Waals surface area contributed by atoms with Crippen molar-refractivity contribution in [3.8, 4) is 11.5 Å². The summed E-state index contributed by atoms with van der Waals surface area (Å²) in [4.78, 5) is 4.75. The summed E-state index contributed by atoms with van der Waals surface area (Å²) in [7, 11) is 1.66. The van der Waals surface area contributed by atoms with Crippen molar-refractivity contribution in [3.63, 3.8) is 0 Å². The number of methoxy groups -OCH3 is 1. The Balaban J connectivity index is 1.58. The highest BCUT2D eigenvalue weighted by atomic mass is 16.5. The average Bonchev–Trinajstić information content (AvgIpc) is 3.11. The van der Waals surface area contributed by atoms with E-state index in [1.54, 1.807) is 7.11 Å². The Morgan fingerprint density at radius 3 is 2.89 bits per heavy atom. The Morgan fingerprint density at radius 2 is 2.15 bits per heavy atom. The van der Waals surface area contributed by atoms with E-state index < -0.39 is 0 Å². The first-order chi connectivity index (χ1) is 13.0. The smallest absolute Gasteiger partial charge is 0.191 e. The van der Waals surface area contributed by atoms with E-state index in [0.717, 1.165) is 37.0 Å². The zero-order valence-corrected chi connectivity index (χ0v) is 17.1. The van der Waals surface area contributed by atoms with Crippen molar-refractivity contribution in [1.82, 2.24) is 10.6 Å². The van der Waals surface area contributed by atoms with Crippen molar-refractivity contribution in [1.29, 1.82) is 0 Å². The molecule has 2 N–H and O–H groups in total. The van der Waals surface area contributed by atoms with Crippen LogP contribution in [0.3, 0.4) is 0 Å². The third kappa shape index (κ3) is 4.32. The van der Waals surface area contributed by atoms with E-state index in [1.807, 2.05) is 31.2 Å². The summed E-state index contributed by atoms with van der Waals surface area (Å²) in [5.41, 5.74) is 0.125. The van der Waals surface area contributed by atoms with E-state index in [1.165, 1.54) is 0 Å². The van der Waals surface area contributed by atoms with E-state index in [4.69, 9.17) is 19.2 Å². The van der Waals surface area contributed by atoms with Crippen LogP contribution in [0.1, 0.15) is 34.1 Å². The van der Waals surface area contributed by atoms with Crippen molar-refractivity contribution in [3.05, 3.63) is 24.3 Å². The fourth-order valence-corrected chi connectivity index (χ4v) is 4.25. The molecule has 6 heteroatoms. The molecule has 4 atom stereocenters. The third-order valence-electron chi connectivity index (χ3n) is 5.62. The van der Waals surface area contributed by atoms with Crippen molar-refractivity contribution in [2.75, 3.05) is 26.8 Å². The first-order valence-corrected chi connectivity index (χ1v) is 9.92. The van der Waals surface area contributed by atoms with E-state index in [0.29, 0.717) is 24.6 Å². The molecule has 1 saturated heterocycles. The van der Waals surface area contributed by atoms with E-state index in [2.05, 4.69) is 31.4 Å². The second-order valence-electron chi connectivity index (χ2n) is 8.01. The van der Waals surface area contributed by atoms with Crippen LogP contribution >= 0.6 is 0 Å². The summed E-state index contributed by atoms with van der Waals surface area (Å²) in [6, 6.07) is 8.04. The average molecular weight is 376 g/mol. The number of fused-ring (bicyclic) bond motifs is 1. The second-order valence-corrected chi connectivity index (χ2v) is 8.01. The summed E-state index contributed by atoms with van der Waals surface area (Å²) in [5.74, 6) is 3.01. The maximum Gasteiger partial charge on any atom is 0.191 e. The molecule has 0 spiro atoms. The van der Waals surface area contributed by atoms with Crippen LogP contribution in [0.2, 0.25) is 0 Å². The minimum atomic E-state index is -0.0375. The monoisotopic (exact) mass is 375 g/mol. The second kappa shape index (κ2) is 8.38. The molecule has 1 aliphatic heterocycles. The molecule has 0 radical (unpaired) electrons. The Morgan fingerprint density at radius 1 is 1.37 bits per heavy atom. The molecule has 2 fully saturated rings. The van der Waals surface area contributed by atoms with Crippen LogP contribution < -0.4 is 20.1 Å². The Bertz CT molecular complexity index is 662. The van der Waals surface area contributed by atoms with Gasteiger partial charge in [-0.3, -0.25) is 0 Å². The lowest BCUT2D eigenvalue weighted by Crippen LogP contribution is -2.68. The normalized spacial score (nSPS) is 27.3. The molecular weight excluding hydrogens is 342 g/mol. The molecular formula is C21H33N3O3. The first-order valence-electron chi connectivity index (χ1n) is 9.92. The number of nitrogens with zero attached hydrogens (tertiary/aromatic N) is 1. The highest BCUT2D eigenvalue weighted by Gasteiger charge is 2.59. The zero-order valence-electron chi connectivity index (χ0n) is 17.1. The molecule has 0 amide bonds. The lowest BCUT2D eigenvalue weighted by Gasteiger charge is -2.54. The minimum absolute atomic E-state index is 0.0375. The number of hydrogen-bond acceptors (Lipinski definition) is 4. The molecule has 27 heavy (non-hydrogen) atoms. The number of guanidine groups is 1. The molecule has 1 saturated carbocycles. The highest BCUT2D eigenvalue weighted by molar-refractivity contribution is 5.80. The highest BCUT2D eigenvalue weighted by Crippen LogP contribution is 2.52. The summed E-state index contributed by atoms with van der Waals surface area (Å²) in [6.07, 6.45) is 1.46. The van der Waals surface area contributed by atoms with Crippen molar-refractivity contribution >= 4 is 5.96 Å². The molecule has 0 bridgehead atoms. The van der Waals surface area contributed by atoms with Gasteiger partial charge in [0, 0.05) is 36.6 Å². The summed E-state index contributed by atoms with van der Waals surface area (Å²) in [6.45, 7) is 10.9. The third-order valence-corrected chi connectivity index (χ3v) is 5.62. The number of rotatable bonds is 7. The standard InChI is InChI=1S/C21H33N3O3/c1-6-22-20(24-18-17-10-11-26-19(17)21(18,3)4)23-13-14(2)27-16-9-7-8-15(12-16)25-5/h7-9,12,14,17-19H,6,10-11,13H2,1-5H3,(H2,22,23,24). The van der Waals surface area contributed by atoms with Crippen LogP contribution in [-0.2, 0) is 4.74 Å². The number of benzene rings is 1. The van der Waals surface area contributed by atoms with Gasteiger partial charge in [-0.05, 0) is 32.4 Å². The van der Waals surface area contributed by atoms with Crippen molar-refractivity contribution < 1.29 is 14.2 Å². The number of hydrogen-bond donors (Lipinski definition) is 2. The van der Waals surface area contributed by atoms with Crippen LogP contribution in [0.5, 0.6) is 11.5 Å². The fraction of sp³-hybridized carbons (Fsp3) is 0.667. The predicted octanol–water partition coefficient (Wildman–Crippen LogP) is 2.83. The van der Waals surface area contributed by atoms with Crippen LogP contribution in [0.4, 0.5) is 0 Å². The number of aliphatic imine (C=N–C) groups is 1. The molecule has 0 aromatic heterocycles. The van der Waals surface area contributed by atoms with Crippen LogP contribution in [0.15, 0.2) is 29.3 Å². The van der Waals surface area contributed by atoms with Gasteiger partial charge in [-0.2, -0.15) is 0 Å². The van der Waals surface area contributed by atoms with E-state index >= 15 is 0 Å². The van der Waals surface area contributed by atoms with Gasteiger partial charge in [-0.15, -0.1) is 0 Å². The van der Waals surface area contributed by atoms with E-state index in [9.17, 15) is 0 Å². The molecule has 1 heterocycles. The van der Waals surface area contributed by atoms with Crippen molar-refractivity contribution in [2.24, 2.45) is 16.3 Å². The topological polar surface area (TPSA) is 64.1 Å². The molecule has 1 aromatic rings. The van der Waals surface area contributed by atoms with Gasteiger partial charge < -0.3 is 24.8 Å². The van der Waals surface area contributed by atoms with Gasteiger partial charge in [-0.1, -0.05) is 19.9 Å². The van der Waals surface area contributed by atoms with Gasteiger partial charge in [0.2, 0.25) is 0 Å². The Hall–Kier alpha value is -1.95. The van der Waals surface area contributed by atoms with Gasteiger partial charge in [-0.25, -0.2) is 4.99 Å². The fourth-order valence-electron chi connectivity index (χ4n) is 4.25. The van der Waals surface area contributed by atoms with Gasteiger partial charge in [0.05, 0.1) is 19.8 Å². The largest absolute Gasteiger partial charge is 0.497 e. The molecule has 2 aliphatic rings. The molecule has 1 aromatic carbocycles. The molecule has 3 rings (SSSR count). The summed E-state index contributed by atoms with van der Waals surface area (Å²) in [5, 5.41) is 7.00. The van der Waals surface area contributed by atoms with Gasteiger partial charge in [0.1, 0.15) is 17.6 Å². The van der Waals surface area contributed by atoms with Crippen LogP contribution in [0, 0.1) is 11.3 Å². The van der Waals surface area contributed by atoms with Gasteiger partial charge in [0.25, 0.3) is 0 Å². The predicted molar refractivity (Wildman–Crippen MR) is 108 cm³/mol. The van der Waals surface area contributed by atoms with Crippen LogP contribution in [-0.4, -0.2) is 51.0 Å². The Labute approximate surface area is 162 Å². The SMILES string of the molecule is CCNC(=NCC(C)Oc1cccc(OC)c1)NC1C2CCOC2C1(C)C. The van der Waals surface area contributed by atoms with Gasteiger partial charge >= 0.3 is 0 Å². The molecule has 4 unspecified atom stereocenters. The minimum Gasteiger partial charge on any atom is -0.497 e. The molecule has 1 aliphatic carbocycles. The summed E-state index contributed by atoms with van der Waals surface area (Å²) < 4.78 is 17.1.